The van der Waals surface area contributed by atoms with Crippen molar-refractivity contribution in [3.05, 3.63) is 35.4 Å². The number of hydrogen-bond acceptors (Lipinski definition) is 4. The van der Waals surface area contributed by atoms with Gasteiger partial charge in [0.15, 0.2) is 0 Å². The van der Waals surface area contributed by atoms with E-state index in [4.69, 9.17) is 0 Å². The highest BCUT2D eigenvalue weighted by atomic mass is 32.2. The van der Waals surface area contributed by atoms with Crippen molar-refractivity contribution in [3.63, 3.8) is 0 Å². The summed E-state index contributed by atoms with van der Waals surface area (Å²) in [7, 11) is -3.21. The zero-order valence-corrected chi connectivity index (χ0v) is 18.3. The minimum atomic E-state index is -3.21. The number of nitrogens with zero attached hydrogens (tertiary/aromatic N) is 2. The first-order valence-corrected chi connectivity index (χ1v) is 12.3. The summed E-state index contributed by atoms with van der Waals surface area (Å²) in [6, 6.07) is 2.94. The van der Waals surface area contributed by atoms with Crippen molar-refractivity contribution in [3.8, 4) is 0 Å². The summed E-state index contributed by atoms with van der Waals surface area (Å²) in [4.78, 5) is 14.8. The fourth-order valence-corrected chi connectivity index (χ4v) is 6.15. The number of nitrogens with one attached hydrogen (secondary N) is 1. The minimum absolute atomic E-state index is 0.164. The molecule has 9 heteroatoms. The number of sulfonamides is 1. The Morgan fingerprint density at radius 3 is 2.37 bits per heavy atom. The van der Waals surface area contributed by atoms with E-state index in [0.717, 1.165) is 44.2 Å². The first-order valence-electron chi connectivity index (χ1n) is 10.7. The van der Waals surface area contributed by atoms with Crippen molar-refractivity contribution in [1.29, 1.82) is 0 Å². The Bertz CT molecular complexity index is 849. The van der Waals surface area contributed by atoms with Crippen LogP contribution in [0.4, 0.5) is 8.78 Å². The quantitative estimate of drug-likeness (QED) is 0.704. The second kappa shape index (κ2) is 9.70. The molecule has 0 radical (unpaired) electrons. The van der Waals surface area contributed by atoms with Gasteiger partial charge in [-0.2, -0.15) is 4.31 Å². The van der Waals surface area contributed by atoms with Gasteiger partial charge in [0.25, 0.3) is 5.91 Å². The van der Waals surface area contributed by atoms with Crippen LogP contribution in [0.1, 0.15) is 55.8 Å². The van der Waals surface area contributed by atoms with E-state index >= 15 is 0 Å². The Kier molecular flexibility index (Phi) is 7.47. The van der Waals surface area contributed by atoms with Gasteiger partial charge in [0, 0.05) is 44.3 Å². The van der Waals surface area contributed by atoms with E-state index in [0.29, 0.717) is 45.2 Å². The standard InChI is InChI=1S/C21H31F2N3O3S/c1-2-14-30(28,29)26-12-10-25(11-13-26)21(8-4-3-5-9-21)16-24-20(27)18-7-6-17(22)15-19(18)23/h6-7,15H,2-5,8-14,16H2,1H3,(H,24,27). The van der Waals surface area contributed by atoms with Crippen molar-refractivity contribution < 1.29 is 22.0 Å². The van der Waals surface area contributed by atoms with Crippen LogP contribution in [0.5, 0.6) is 0 Å². The van der Waals surface area contributed by atoms with Gasteiger partial charge in [-0.1, -0.05) is 26.2 Å². The lowest BCUT2D eigenvalue weighted by atomic mass is 9.79. The molecule has 1 saturated heterocycles. The predicted molar refractivity (Wildman–Crippen MR) is 112 cm³/mol. The summed E-state index contributed by atoms with van der Waals surface area (Å²) < 4.78 is 53.4. The first kappa shape index (κ1) is 23.1. The molecule has 168 valence electrons. The van der Waals surface area contributed by atoms with Crippen LogP contribution in [0, 0.1) is 11.6 Å². The monoisotopic (exact) mass is 443 g/mol. The van der Waals surface area contributed by atoms with E-state index in [9.17, 15) is 22.0 Å². The molecule has 6 nitrogen and oxygen atoms in total. The van der Waals surface area contributed by atoms with Crippen LogP contribution in [0.3, 0.4) is 0 Å². The number of benzene rings is 1. The molecule has 1 heterocycles. The van der Waals surface area contributed by atoms with Gasteiger partial charge in [-0.15, -0.1) is 0 Å². The van der Waals surface area contributed by atoms with Crippen molar-refractivity contribution >= 4 is 15.9 Å². The van der Waals surface area contributed by atoms with Crippen molar-refractivity contribution in [1.82, 2.24) is 14.5 Å². The number of hydrogen-bond donors (Lipinski definition) is 1. The zero-order valence-electron chi connectivity index (χ0n) is 17.5. The third-order valence-corrected chi connectivity index (χ3v) is 8.38. The van der Waals surface area contributed by atoms with E-state index in [1.165, 1.54) is 0 Å². The van der Waals surface area contributed by atoms with Crippen LogP contribution in [-0.2, 0) is 10.0 Å². The molecule has 0 bridgehead atoms. The van der Waals surface area contributed by atoms with Gasteiger partial charge in [0.2, 0.25) is 10.0 Å². The summed E-state index contributed by atoms with van der Waals surface area (Å²) in [5.74, 6) is -1.98. The molecular formula is C21H31F2N3O3S. The Morgan fingerprint density at radius 2 is 1.77 bits per heavy atom. The van der Waals surface area contributed by atoms with Crippen molar-refractivity contribution in [2.24, 2.45) is 0 Å². The molecule has 1 aliphatic carbocycles. The topological polar surface area (TPSA) is 69.7 Å². The van der Waals surface area contributed by atoms with Gasteiger partial charge in [-0.25, -0.2) is 17.2 Å². The molecule has 0 aromatic heterocycles. The normalized spacial score (nSPS) is 20.8. The Hall–Kier alpha value is -1.58. The predicted octanol–water partition coefficient (Wildman–Crippen LogP) is 2.75. The van der Waals surface area contributed by atoms with Gasteiger partial charge in [0.05, 0.1) is 11.3 Å². The van der Waals surface area contributed by atoms with Gasteiger partial charge in [0.1, 0.15) is 11.6 Å². The lowest BCUT2D eigenvalue weighted by Crippen LogP contribution is -2.62. The Balaban J connectivity index is 1.67. The third kappa shape index (κ3) is 5.18. The smallest absolute Gasteiger partial charge is 0.254 e. The SMILES string of the molecule is CCCS(=O)(=O)N1CCN(C2(CNC(=O)c3ccc(F)cc3F)CCCCC2)CC1. The summed E-state index contributed by atoms with van der Waals surface area (Å²) in [5.41, 5.74) is -0.428. The lowest BCUT2D eigenvalue weighted by Gasteiger charge is -2.49. The van der Waals surface area contributed by atoms with E-state index in [2.05, 4.69) is 10.2 Å². The second-order valence-electron chi connectivity index (χ2n) is 8.29. The molecule has 1 N–H and O–H groups in total. The summed E-state index contributed by atoms with van der Waals surface area (Å²) in [6.07, 6.45) is 5.61. The minimum Gasteiger partial charge on any atom is -0.350 e. The number of amides is 1. The number of halogens is 2. The van der Waals surface area contributed by atoms with Crippen LogP contribution in [0.15, 0.2) is 18.2 Å². The van der Waals surface area contributed by atoms with Crippen LogP contribution >= 0.6 is 0 Å². The summed E-state index contributed by atoms with van der Waals surface area (Å²) >= 11 is 0. The molecule has 0 unspecified atom stereocenters. The number of carbonyl (C=O) groups is 1. The lowest BCUT2D eigenvalue weighted by molar-refractivity contribution is 0.0240. The fourth-order valence-electron chi connectivity index (χ4n) is 4.66. The van der Waals surface area contributed by atoms with Crippen LogP contribution in [0.2, 0.25) is 0 Å². The van der Waals surface area contributed by atoms with Gasteiger partial charge >= 0.3 is 0 Å². The molecule has 0 atom stereocenters. The maximum Gasteiger partial charge on any atom is 0.254 e. The van der Waals surface area contributed by atoms with Gasteiger partial charge < -0.3 is 5.32 Å². The number of carbonyl (C=O) groups excluding carboxylic acids is 1. The molecule has 2 aliphatic rings. The highest BCUT2D eigenvalue weighted by Gasteiger charge is 2.41. The molecule has 1 amide bonds. The van der Waals surface area contributed by atoms with E-state index in [1.54, 1.807) is 4.31 Å². The van der Waals surface area contributed by atoms with E-state index in [-0.39, 0.29) is 16.9 Å². The largest absolute Gasteiger partial charge is 0.350 e. The van der Waals surface area contributed by atoms with Crippen molar-refractivity contribution in [2.45, 2.75) is 51.0 Å². The molecule has 0 spiro atoms. The maximum atomic E-state index is 14.0. The van der Waals surface area contributed by atoms with E-state index < -0.39 is 27.6 Å². The van der Waals surface area contributed by atoms with Crippen LogP contribution in [0.25, 0.3) is 0 Å². The average Bonchev–Trinajstić information content (AvgIpc) is 2.73. The zero-order chi connectivity index (χ0) is 21.8. The molecular weight excluding hydrogens is 412 g/mol. The number of rotatable bonds is 7. The highest BCUT2D eigenvalue weighted by molar-refractivity contribution is 7.89. The average molecular weight is 444 g/mol. The van der Waals surface area contributed by atoms with E-state index in [1.807, 2.05) is 6.92 Å². The molecule has 1 aromatic rings. The molecule has 1 aliphatic heterocycles. The molecule has 30 heavy (non-hydrogen) atoms. The second-order valence-corrected chi connectivity index (χ2v) is 10.4. The fraction of sp³-hybridized carbons (Fsp3) is 0.667. The summed E-state index contributed by atoms with van der Waals surface area (Å²) in [5, 5.41) is 2.85. The molecule has 1 saturated carbocycles. The highest BCUT2D eigenvalue weighted by Crippen LogP contribution is 2.34. The summed E-state index contributed by atoms with van der Waals surface area (Å²) in [6.45, 7) is 4.35. The van der Waals surface area contributed by atoms with Crippen LogP contribution in [-0.4, -0.2) is 67.5 Å². The van der Waals surface area contributed by atoms with Gasteiger partial charge in [-0.3, -0.25) is 9.69 Å². The molecule has 1 aromatic carbocycles. The Morgan fingerprint density at radius 1 is 1.10 bits per heavy atom. The Labute approximate surface area is 177 Å². The maximum absolute atomic E-state index is 14.0. The molecule has 3 rings (SSSR count). The third-order valence-electron chi connectivity index (χ3n) is 6.30. The number of piperazine rings is 1. The van der Waals surface area contributed by atoms with Gasteiger partial charge in [-0.05, 0) is 31.4 Å². The van der Waals surface area contributed by atoms with Crippen LogP contribution < -0.4 is 5.32 Å². The first-order chi connectivity index (χ1) is 14.3. The molecule has 2 fully saturated rings. The van der Waals surface area contributed by atoms with Crippen molar-refractivity contribution in [2.75, 3.05) is 38.5 Å².